The fraction of sp³-hybridized carbons (Fsp3) is 0.176. The molecule has 3 aromatic rings. The lowest BCUT2D eigenvalue weighted by atomic mass is 10.0. The molecule has 2 aromatic heterocycles. The Morgan fingerprint density at radius 2 is 2.10 bits per heavy atom. The van der Waals surface area contributed by atoms with Crippen molar-refractivity contribution < 1.29 is 0 Å². The summed E-state index contributed by atoms with van der Waals surface area (Å²) in [6.07, 6.45) is 3.55. The second kappa shape index (κ2) is 6.00. The lowest BCUT2D eigenvalue weighted by molar-refractivity contribution is 1.11. The zero-order valence-electron chi connectivity index (χ0n) is 12.1. The van der Waals surface area contributed by atoms with E-state index in [1.807, 2.05) is 6.08 Å². The number of nitrogens with zero attached hydrogens (tertiary/aromatic N) is 2. The standard InChI is InChI=1S/C17H16N2S2/c1-4-7-20-16-15-14(9-21-17(15)19-10-18-16)13-6-5-11(2)12(3)8-13/h4-6,8-10H,1,7H2,2-3H3. The van der Waals surface area contributed by atoms with Gasteiger partial charge in [-0.2, -0.15) is 0 Å². The first-order valence-electron chi connectivity index (χ1n) is 6.74. The van der Waals surface area contributed by atoms with Crippen LogP contribution >= 0.6 is 23.1 Å². The molecule has 0 atom stereocenters. The molecule has 0 aliphatic heterocycles. The molecule has 0 aliphatic carbocycles. The Balaban J connectivity index is 2.17. The van der Waals surface area contributed by atoms with Crippen molar-refractivity contribution in [3.05, 3.63) is 53.7 Å². The van der Waals surface area contributed by atoms with Crippen molar-refractivity contribution in [3.8, 4) is 11.1 Å². The molecule has 0 saturated carbocycles. The molecule has 0 fully saturated rings. The van der Waals surface area contributed by atoms with Crippen LogP contribution in [0, 0.1) is 13.8 Å². The molecule has 4 heteroatoms. The second-order valence-electron chi connectivity index (χ2n) is 4.91. The highest BCUT2D eigenvalue weighted by Gasteiger charge is 2.13. The normalized spacial score (nSPS) is 11.0. The van der Waals surface area contributed by atoms with Crippen LogP contribution < -0.4 is 0 Å². The predicted octanol–water partition coefficient (Wildman–Crippen LogP) is 5.25. The van der Waals surface area contributed by atoms with E-state index in [1.165, 1.54) is 22.3 Å². The van der Waals surface area contributed by atoms with Crippen LogP contribution in [0.5, 0.6) is 0 Å². The summed E-state index contributed by atoms with van der Waals surface area (Å²) in [6, 6.07) is 6.60. The highest BCUT2D eigenvalue weighted by Crippen LogP contribution is 2.38. The maximum absolute atomic E-state index is 4.45. The average molecular weight is 312 g/mol. The molecule has 2 heterocycles. The second-order valence-corrected chi connectivity index (χ2v) is 6.77. The third-order valence-corrected chi connectivity index (χ3v) is 5.36. The van der Waals surface area contributed by atoms with Gasteiger partial charge in [-0.05, 0) is 30.5 Å². The minimum Gasteiger partial charge on any atom is -0.229 e. The molecule has 0 unspecified atom stereocenters. The molecule has 0 saturated heterocycles. The minimum atomic E-state index is 0.855. The maximum Gasteiger partial charge on any atom is 0.128 e. The van der Waals surface area contributed by atoms with Gasteiger partial charge >= 0.3 is 0 Å². The number of aromatic nitrogens is 2. The lowest BCUT2D eigenvalue weighted by Gasteiger charge is -2.06. The summed E-state index contributed by atoms with van der Waals surface area (Å²) in [4.78, 5) is 9.90. The van der Waals surface area contributed by atoms with Crippen molar-refractivity contribution in [2.45, 2.75) is 18.9 Å². The molecule has 1 aromatic carbocycles. The number of hydrogen-bond acceptors (Lipinski definition) is 4. The Labute approximate surface area is 133 Å². The van der Waals surface area contributed by atoms with Crippen LogP contribution in [0.25, 0.3) is 21.3 Å². The molecule has 21 heavy (non-hydrogen) atoms. The Bertz CT molecular complexity index is 806. The Hall–Kier alpha value is -1.65. The van der Waals surface area contributed by atoms with Gasteiger partial charge in [0.05, 0.1) is 5.39 Å². The molecule has 0 amide bonds. The van der Waals surface area contributed by atoms with E-state index in [4.69, 9.17) is 0 Å². The number of rotatable bonds is 4. The molecule has 0 bridgehead atoms. The largest absolute Gasteiger partial charge is 0.229 e. The molecule has 0 spiro atoms. The quantitative estimate of drug-likeness (QED) is 0.374. The van der Waals surface area contributed by atoms with Crippen LogP contribution in [-0.2, 0) is 0 Å². The number of fused-ring (bicyclic) bond motifs is 1. The Morgan fingerprint density at radius 1 is 1.24 bits per heavy atom. The summed E-state index contributed by atoms with van der Waals surface area (Å²) >= 11 is 3.38. The van der Waals surface area contributed by atoms with E-state index < -0.39 is 0 Å². The summed E-state index contributed by atoms with van der Waals surface area (Å²) in [6.45, 7) is 8.07. The van der Waals surface area contributed by atoms with E-state index in [1.54, 1.807) is 29.4 Å². The third-order valence-electron chi connectivity index (χ3n) is 3.49. The van der Waals surface area contributed by atoms with Gasteiger partial charge in [0.15, 0.2) is 0 Å². The first kappa shape index (κ1) is 14.3. The zero-order valence-corrected chi connectivity index (χ0v) is 13.7. The molecule has 0 aliphatic rings. The van der Waals surface area contributed by atoms with Crippen LogP contribution in [0.15, 0.2) is 47.6 Å². The maximum atomic E-state index is 4.45. The number of aryl methyl sites for hydroxylation is 2. The number of thioether (sulfide) groups is 1. The molecular weight excluding hydrogens is 296 g/mol. The highest BCUT2D eigenvalue weighted by atomic mass is 32.2. The molecule has 2 nitrogen and oxygen atoms in total. The first-order chi connectivity index (χ1) is 10.2. The van der Waals surface area contributed by atoms with E-state index in [0.29, 0.717) is 0 Å². The van der Waals surface area contributed by atoms with Crippen molar-refractivity contribution in [3.63, 3.8) is 0 Å². The van der Waals surface area contributed by atoms with Gasteiger partial charge in [-0.25, -0.2) is 9.97 Å². The highest BCUT2D eigenvalue weighted by molar-refractivity contribution is 7.99. The summed E-state index contributed by atoms with van der Waals surface area (Å²) in [5.74, 6) is 0.855. The summed E-state index contributed by atoms with van der Waals surface area (Å²) in [5, 5.41) is 4.38. The van der Waals surface area contributed by atoms with Crippen molar-refractivity contribution in [1.29, 1.82) is 0 Å². The number of thiophene rings is 1. The van der Waals surface area contributed by atoms with E-state index in [-0.39, 0.29) is 0 Å². The summed E-state index contributed by atoms with van der Waals surface area (Å²) in [5.41, 5.74) is 5.09. The van der Waals surface area contributed by atoms with Crippen LogP contribution in [-0.4, -0.2) is 15.7 Å². The van der Waals surface area contributed by atoms with Crippen molar-refractivity contribution >= 4 is 33.3 Å². The topological polar surface area (TPSA) is 25.8 Å². The van der Waals surface area contributed by atoms with Gasteiger partial charge in [-0.15, -0.1) is 29.7 Å². The third kappa shape index (κ3) is 2.74. The minimum absolute atomic E-state index is 0.855. The molecule has 3 rings (SSSR count). The number of benzene rings is 1. The van der Waals surface area contributed by atoms with E-state index >= 15 is 0 Å². The van der Waals surface area contributed by atoms with E-state index in [2.05, 4.69) is 54.0 Å². The Kier molecular flexibility index (Phi) is 4.08. The lowest BCUT2D eigenvalue weighted by Crippen LogP contribution is -1.87. The van der Waals surface area contributed by atoms with Gasteiger partial charge in [-0.1, -0.05) is 24.3 Å². The van der Waals surface area contributed by atoms with Crippen LogP contribution in [0.3, 0.4) is 0 Å². The molecular formula is C17H16N2S2. The van der Waals surface area contributed by atoms with Crippen molar-refractivity contribution in [2.24, 2.45) is 0 Å². The van der Waals surface area contributed by atoms with Gasteiger partial charge in [0, 0.05) is 16.7 Å². The van der Waals surface area contributed by atoms with Crippen molar-refractivity contribution in [2.75, 3.05) is 5.75 Å². The first-order valence-corrected chi connectivity index (χ1v) is 8.60. The SMILES string of the molecule is C=CCSc1ncnc2scc(-c3ccc(C)c(C)c3)c12. The zero-order chi connectivity index (χ0) is 14.8. The van der Waals surface area contributed by atoms with E-state index in [0.717, 1.165) is 21.0 Å². The summed E-state index contributed by atoms with van der Waals surface area (Å²) in [7, 11) is 0. The predicted molar refractivity (Wildman–Crippen MR) is 93.2 cm³/mol. The van der Waals surface area contributed by atoms with Crippen LogP contribution in [0.2, 0.25) is 0 Å². The Morgan fingerprint density at radius 3 is 2.86 bits per heavy atom. The van der Waals surface area contributed by atoms with Gasteiger partial charge in [0.2, 0.25) is 0 Å². The number of hydrogen-bond donors (Lipinski definition) is 0. The smallest absolute Gasteiger partial charge is 0.128 e. The van der Waals surface area contributed by atoms with E-state index in [9.17, 15) is 0 Å². The molecule has 0 radical (unpaired) electrons. The fourth-order valence-corrected chi connectivity index (χ4v) is 3.95. The average Bonchev–Trinajstić information content (AvgIpc) is 2.92. The summed E-state index contributed by atoms with van der Waals surface area (Å²) < 4.78 is 0. The molecule has 106 valence electrons. The van der Waals surface area contributed by atoms with Gasteiger partial charge in [-0.3, -0.25) is 0 Å². The fourth-order valence-electron chi connectivity index (χ4n) is 2.22. The van der Waals surface area contributed by atoms with Crippen LogP contribution in [0.4, 0.5) is 0 Å². The molecule has 0 N–H and O–H groups in total. The van der Waals surface area contributed by atoms with Gasteiger partial charge in [0.25, 0.3) is 0 Å². The van der Waals surface area contributed by atoms with Crippen molar-refractivity contribution in [1.82, 2.24) is 9.97 Å². The van der Waals surface area contributed by atoms with Crippen LogP contribution in [0.1, 0.15) is 11.1 Å². The van der Waals surface area contributed by atoms with Gasteiger partial charge in [0.1, 0.15) is 16.2 Å². The van der Waals surface area contributed by atoms with Gasteiger partial charge < -0.3 is 0 Å². The monoisotopic (exact) mass is 312 g/mol.